The molecule has 0 bridgehead atoms. The lowest BCUT2D eigenvalue weighted by Crippen LogP contribution is -1.93. The molecule has 3 rings (SSSR count). The first kappa shape index (κ1) is 9.74. The van der Waals surface area contributed by atoms with Gasteiger partial charge in [0.25, 0.3) is 0 Å². The van der Waals surface area contributed by atoms with E-state index in [1.807, 2.05) is 0 Å². The Hall–Kier alpha value is -1.46. The molecule has 1 aliphatic heterocycles. The van der Waals surface area contributed by atoms with Gasteiger partial charge in [-0.2, -0.15) is 0 Å². The van der Waals surface area contributed by atoms with E-state index >= 15 is 0 Å². The number of halogens is 1. The van der Waals surface area contributed by atoms with Crippen LogP contribution < -0.4 is 9.47 Å². The van der Waals surface area contributed by atoms with Gasteiger partial charge in [0.2, 0.25) is 6.79 Å². The second kappa shape index (κ2) is 3.26. The first-order chi connectivity index (χ1) is 7.68. The summed E-state index contributed by atoms with van der Waals surface area (Å²) < 4.78 is 11.3. The first-order valence-electron chi connectivity index (χ1n) is 4.42. The second-order valence-electron chi connectivity index (χ2n) is 3.22. The van der Waals surface area contributed by atoms with E-state index in [0.29, 0.717) is 16.9 Å². The third-order valence-electron chi connectivity index (χ3n) is 2.33. The Kier molecular flexibility index (Phi) is 1.99. The fraction of sp³-hybridized carbons (Fsp3) is 0.100. The van der Waals surface area contributed by atoms with Crippen molar-refractivity contribution in [3.8, 4) is 11.5 Å². The normalized spacial score (nSPS) is 13.3. The molecule has 0 saturated carbocycles. The van der Waals surface area contributed by atoms with Gasteiger partial charge in [0.1, 0.15) is 4.88 Å². The van der Waals surface area contributed by atoms with Gasteiger partial charge in [0.05, 0.1) is 10.4 Å². The zero-order valence-electron chi connectivity index (χ0n) is 7.82. The number of thiophene rings is 1. The highest BCUT2D eigenvalue weighted by Crippen LogP contribution is 2.47. The summed E-state index contributed by atoms with van der Waals surface area (Å²) in [5.74, 6) is 0.106. The maximum Gasteiger partial charge on any atom is 0.347 e. The third kappa shape index (κ3) is 1.19. The van der Waals surface area contributed by atoms with Crippen LogP contribution in [0.5, 0.6) is 11.5 Å². The van der Waals surface area contributed by atoms with E-state index in [9.17, 15) is 4.79 Å². The Balaban J connectivity index is 2.39. The van der Waals surface area contributed by atoms with Gasteiger partial charge in [-0.25, -0.2) is 4.79 Å². The predicted octanol–water partition coefficient (Wildman–Crippen LogP) is 2.98. The predicted molar refractivity (Wildman–Crippen MR) is 59.9 cm³/mol. The van der Waals surface area contributed by atoms with Crippen LogP contribution in [0.15, 0.2) is 12.1 Å². The summed E-state index contributed by atoms with van der Waals surface area (Å²) in [5, 5.41) is 9.81. The quantitative estimate of drug-likeness (QED) is 0.852. The molecule has 1 aromatic carbocycles. The molecule has 2 heterocycles. The summed E-state index contributed by atoms with van der Waals surface area (Å²) >= 11 is 7.16. The number of hydrogen-bond donors (Lipinski definition) is 1. The minimum atomic E-state index is -1.03. The summed E-state index contributed by atoms with van der Waals surface area (Å²) in [4.78, 5) is 11.1. The maximum absolute atomic E-state index is 10.9. The molecule has 6 heteroatoms. The van der Waals surface area contributed by atoms with Crippen LogP contribution in [-0.4, -0.2) is 17.9 Å². The Morgan fingerprint density at radius 2 is 2.25 bits per heavy atom. The monoisotopic (exact) mass is 256 g/mol. The number of benzene rings is 1. The minimum Gasteiger partial charge on any atom is -0.477 e. The van der Waals surface area contributed by atoms with Crippen LogP contribution >= 0.6 is 22.9 Å². The smallest absolute Gasteiger partial charge is 0.347 e. The molecule has 0 atom stereocenters. The van der Waals surface area contributed by atoms with Gasteiger partial charge in [0.15, 0.2) is 11.5 Å². The molecular weight excluding hydrogens is 252 g/mol. The number of aromatic carboxylic acids is 1. The molecule has 16 heavy (non-hydrogen) atoms. The molecule has 0 amide bonds. The van der Waals surface area contributed by atoms with Crippen LogP contribution in [0.1, 0.15) is 9.67 Å². The van der Waals surface area contributed by atoms with E-state index in [1.54, 1.807) is 12.1 Å². The molecule has 1 aliphatic rings. The number of carbonyl (C=O) groups is 1. The van der Waals surface area contributed by atoms with Gasteiger partial charge in [-0.15, -0.1) is 11.3 Å². The minimum absolute atomic E-state index is 0.126. The van der Waals surface area contributed by atoms with Crippen molar-refractivity contribution in [1.29, 1.82) is 0 Å². The molecule has 2 aromatic rings. The van der Waals surface area contributed by atoms with Crippen molar-refractivity contribution in [2.75, 3.05) is 6.79 Å². The van der Waals surface area contributed by atoms with E-state index in [-0.39, 0.29) is 16.7 Å². The van der Waals surface area contributed by atoms with Gasteiger partial charge in [0, 0.05) is 4.70 Å². The molecule has 0 saturated heterocycles. The highest BCUT2D eigenvalue weighted by Gasteiger charge is 2.24. The van der Waals surface area contributed by atoms with E-state index in [2.05, 4.69) is 0 Å². The first-order valence-corrected chi connectivity index (χ1v) is 5.62. The van der Waals surface area contributed by atoms with Crippen molar-refractivity contribution < 1.29 is 19.4 Å². The van der Waals surface area contributed by atoms with Crippen molar-refractivity contribution in [1.82, 2.24) is 0 Å². The zero-order chi connectivity index (χ0) is 11.3. The van der Waals surface area contributed by atoms with Gasteiger partial charge >= 0.3 is 5.97 Å². The highest BCUT2D eigenvalue weighted by molar-refractivity contribution is 7.21. The SMILES string of the molecule is O=C(O)c1sc2ccc3c(c2c1Cl)OCO3. The van der Waals surface area contributed by atoms with Crippen LogP contribution in [0.4, 0.5) is 0 Å². The number of carboxylic acid groups (broad SMARTS) is 1. The molecule has 0 spiro atoms. The standard InChI is InChI=1S/C10H5ClO4S/c11-7-6-5(16-9(7)10(12)13)2-1-4-8(6)15-3-14-4/h1-2H,3H2,(H,12,13). The van der Waals surface area contributed by atoms with Crippen molar-refractivity contribution in [2.45, 2.75) is 0 Å². The zero-order valence-corrected chi connectivity index (χ0v) is 9.39. The van der Waals surface area contributed by atoms with Crippen molar-refractivity contribution in [3.05, 3.63) is 22.0 Å². The Morgan fingerprint density at radius 1 is 1.44 bits per heavy atom. The summed E-state index contributed by atoms with van der Waals surface area (Å²) in [7, 11) is 0. The van der Waals surface area contributed by atoms with Gasteiger partial charge in [-0.3, -0.25) is 0 Å². The average molecular weight is 257 g/mol. The summed E-state index contributed by atoms with van der Waals surface area (Å²) in [6, 6.07) is 3.54. The van der Waals surface area contributed by atoms with E-state index in [4.69, 9.17) is 26.2 Å². The van der Waals surface area contributed by atoms with E-state index in [1.165, 1.54) is 0 Å². The van der Waals surface area contributed by atoms with Crippen molar-refractivity contribution >= 4 is 39.0 Å². The van der Waals surface area contributed by atoms with Crippen molar-refractivity contribution in [2.24, 2.45) is 0 Å². The molecule has 0 unspecified atom stereocenters. The molecule has 0 aliphatic carbocycles. The summed E-state index contributed by atoms with van der Waals surface area (Å²) in [5.41, 5.74) is 0. The summed E-state index contributed by atoms with van der Waals surface area (Å²) in [6.45, 7) is 0.142. The Bertz CT molecular complexity index is 604. The molecule has 0 fully saturated rings. The lowest BCUT2D eigenvalue weighted by molar-refractivity contribution is 0.0702. The third-order valence-corrected chi connectivity index (χ3v) is 3.96. The van der Waals surface area contributed by atoms with Crippen molar-refractivity contribution in [3.63, 3.8) is 0 Å². The largest absolute Gasteiger partial charge is 0.477 e. The van der Waals surface area contributed by atoms with Crippen LogP contribution in [0.25, 0.3) is 10.1 Å². The molecule has 82 valence electrons. The highest BCUT2D eigenvalue weighted by atomic mass is 35.5. The van der Waals surface area contributed by atoms with E-state index < -0.39 is 5.97 Å². The maximum atomic E-state index is 10.9. The molecule has 1 aromatic heterocycles. The second-order valence-corrected chi connectivity index (χ2v) is 4.65. The van der Waals surface area contributed by atoms with Gasteiger partial charge < -0.3 is 14.6 Å². The van der Waals surface area contributed by atoms with Crippen LogP contribution in [0.2, 0.25) is 5.02 Å². The Morgan fingerprint density at radius 3 is 3.00 bits per heavy atom. The van der Waals surface area contributed by atoms with Crippen LogP contribution in [0.3, 0.4) is 0 Å². The molecule has 0 radical (unpaired) electrons. The Labute approximate surface area is 99.0 Å². The fourth-order valence-corrected chi connectivity index (χ4v) is 3.03. The topological polar surface area (TPSA) is 55.8 Å². The molecule has 4 nitrogen and oxygen atoms in total. The fourth-order valence-electron chi connectivity index (χ4n) is 1.65. The molecule has 1 N–H and O–H groups in total. The van der Waals surface area contributed by atoms with Crippen LogP contribution in [0, 0.1) is 0 Å². The number of ether oxygens (including phenoxy) is 2. The lowest BCUT2D eigenvalue weighted by atomic mass is 10.2. The number of carboxylic acids is 1. The number of rotatable bonds is 1. The summed E-state index contributed by atoms with van der Waals surface area (Å²) in [6.07, 6.45) is 0. The van der Waals surface area contributed by atoms with E-state index in [0.717, 1.165) is 16.0 Å². The average Bonchev–Trinajstić information content (AvgIpc) is 2.81. The van der Waals surface area contributed by atoms with Crippen LogP contribution in [-0.2, 0) is 0 Å². The number of fused-ring (bicyclic) bond motifs is 3. The lowest BCUT2D eigenvalue weighted by Gasteiger charge is -1.97. The molecular formula is C10H5ClO4S. The van der Waals surface area contributed by atoms with Gasteiger partial charge in [-0.1, -0.05) is 11.6 Å². The van der Waals surface area contributed by atoms with Gasteiger partial charge in [-0.05, 0) is 12.1 Å². The number of hydrogen-bond acceptors (Lipinski definition) is 4.